The van der Waals surface area contributed by atoms with Crippen LogP contribution < -0.4 is 40.6 Å². The van der Waals surface area contributed by atoms with E-state index in [0.29, 0.717) is 0 Å². The van der Waals surface area contributed by atoms with E-state index in [9.17, 15) is 4.79 Å². The maximum atomic E-state index is 9.88. The van der Waals surface area contributed by atoms with Gasteiger partial charge in [-0.1, -0.05) is 25.3 Å². The Kier molecular flexibility index (Phi) is 18.5. The third-order valence-corrected chi connectivity index (χ3v) is 0.594. The monoisotopic (exact) mass is 238 g/mol. The largest absolute Gasteiger partial charge is 1.00 e. The van der Waals surface area contributed by atoms with Crippen LogP contribution in [0.2, 0.25) is 0 Å². The second-order valence-corrected chi connectivity index (χ2v) is 2.35. The van der Waals surface area contributed by atoms with Gasteiger partial charge in [-0.3, -0.25) is 9.59 Å². The summed E-state index contributed by atoms with van der Waals surface area (Å²) >= 11 is 6.41. The summed E-state index contributed by atoms with van der Waals surface area (Å²) in [6.45, 7) is -0.178. The number of carbonyl (C=O) groups excluding carboxylic acids is 2. The number of rotatable bonds is 2. The fourth-order valence-electron chi connectivity index (χ4n) is 0.179. The van der Waals surface area contributed by atoms with E-state index in [1.54, 1.807) is 0 Å². The predicted molar refractivity (Wildman–Crippen MR) is 50.3 cm³/mol. The third kappa shape index (κ3) is 45.3. The van der Waals surface area contributed by atoms with Crippen molar-refractivity contribution in [3.05, 3.63) is 0 Å². The third-order valence-electron chi connectivity index (χ3n) is 0.436. The summed E-state index contributed by atoms with van der Waals surface area (Å²) in [4.78, 5) is 19.0. The Bertz CT molecular complexity index is 158. The van der Waals surface area contributed by atoms with Crippen molar-refractivity contribution in [2.24, 2.45) is 5.73 Å². The molecule has 0 bridgehead atoms. The van der Waals surface area contributed by atoms with E-state index < -0.39 is 16.8 Å². The molecular formula is C4H11N2NaO4S2. The van der Waals surface area contributed by atoms with Gasteiger partial charge in [-0.2, -0.15) is 0 Å². The number of thiol groups is 2. The number of nitrogens with one attached hydrogen (secondary N) is 1. The first kappa shape index (κ1) is 19.2. The quantitative estimate of drug-likeness (QED) is 0.167. The van der Waals surface area contributed by atoms with Crippen molar-refractivity contribution in [3.8, 4) is 0 Å². The number of carbonyl (C=O) groups is 2. The summed E-state index contributed by atoms with van der Waals surface area (Å²) in [5.74, 6) is 0. The Labute approximate surface area is 110 Å². The molecule has 0 rings (SSSR count). The summed E-state index contributed by atoms with van der Waals surface area (Å²) in [5.41, 5.74) is 4.34. The number of aliphatic hydroxyl groups excluding tert-OH is 1. The van der Waals surface area contributed by atoms with Crippen LogP contribution in [0.15, 0.2) is 0 Å². The van der Waals surface area contributed by atoms with E-state index in [2.05, 4.69) is 36.3 Å². The van der Waals surface area contributed by atoms with Crippen molar-refractivity contribution >= 4 is 35.7 Å². The van der Waals surface area contributed by atoms with E-state index in [1.807, 2.05) is 0 Å². The van der Waals surface area contributed by atoms with Gasteiger partial charge in [0.1, 0.15) is 0 Å². The Balaban J connectivity index is -0.0000000733. The van der Waals surface area contributed by atoms with Crippen molar-refractivity contribution in [3.63, 3.8) is 0 Å². The van der Waals surface area contributed by atoms with E-state index in [1.165, 1.54) is 0 Å². The van der Waals surface area contributed by atoms with E-state index >= 15 is 0 Å². The van der Waals surface area contributed by atoms with Crippen LogP contribution in [0.1, 0.15) is 1.43 Å². The summed E-state index contributed by atoms with van der Waals surface area (Å²) < 4.78 is 0. The first-order valence-electron chi connectivity index (χ1n) is 2.67. The zero-order valence-corrected chi connectivity index (χ0v) is 10.8. The average molecular weight is 238 g/mol. The predicted octanol–water partition coefficient (Wildman–Crippen LogP) is -3.95. The van der Waals surface area contributed by atoms with Crippen molar-refractivity contribution < 1.29 is 50.8 Å². The second-order valence-electron chi connectivity index (χ2n) is 1.50. The number of nitrogens with two attached hydrogens (primary N) is 1. The standard InChI is InChI=1S/C3H7NO3S.CH3NOS.Na.H/c5-2(6)1-4-3(7)8;2-1(3)4;;/h2,5-6H,1H2,(H2,4,7,8);(H3,2,3,4);;/q;;+1;-1. The van der Waals surface area contributed by atoms with Crippen LogP contribution in [0.4, 0.5) is 9.59 Å². The molecule has 5 N–H and O–H groups in total. The van der Waals surface area contributed by atoms with Crippen molar-refractivity contribution in [2.45, 2.75) is 6.29 Å². The number of primary amides is 1. The van der Waals surface area contributed by atoms with Gasteiger partial charge in [0.05, 0.1) is 6.54 Å². The first-order chi connectivity index (χ1) is 5.36. The van der Waals surface area contributed by atoms with Gasteiger partial charge in [-0.15, -0.1) is 0 Å². The minimum absolute atomic E-state index is 0. The smallest absolute Gasteiger partial charge is 1.00 e. The SMILES string of the molecule is NC(=O)S.O=C(S)NCC(O)O.[H-].[Na+]. The zero-order valence-electron chi connectivity index (χ0n) is 7.97. The Morgan fingerprint density at radius 1 is 1.46 bits per heavy atom. The molecular weight excluding hydrogens is 227 g/mol. The number of aliphatic hydroxyl groups is 2. The maximum absolute atomic E-state index is 9.88. The molecule has 0 saturated heterocycles. The molecule has 0 heterocycles. The van der Waals surface area contributed by atoms with Gasteiger partial charge < -0.3 is 22.7 Å². The Hall–Kier alpha value is 0.560. The van der Waals surface area contributed by atoms with Gasteiger partial charge in [0.15, 0.2) is 6.29 Å². The van der Waals surface area contributed by atoms with Crippen LogP contribution >= 0.6 is 25.3 Å². The molecule has 9 heteroatoms. The molecule has 0 atom stereocenters. The molecule has 2 amide bonds. The summed E-state index contributed by atoms with van der Waals surface area (Å²) in [6, 6.07) is 0. The molecule has 0 saturated carbocycles. The molecule has 0 aliphatic carbocycles. The van der Waals surface area contributed by atoms with Crippen molar-refractivity contribution in [1.82, 2.24) is 5.32 Å². The van der Waals surface area contributed by atoms with E-state index in [-0.39, 0.29) is 37.5 Å². The minimum Gasteiger partial charge on any atom is -1.00 e. The normalized spacial score (nSPS) is 7.77. The Morgan fingerprint density at radius 3 is 1.85 bits per heavy atom. The summed E-state index contributed by atoms with van der Waals surface area (Å²) in [5, 5.41) is 17.1. The molecule has 0 aliphatic rings. The summed E-state index contributed by atoms with van der Waals surface area (Å²) in [6.07, 6.45) is -1.49. The molecule has 0 radical (unpaired) electrons. The molecule has 74 valence electrons. The molecule has 0 aliphatic heterocycles. The van der Waals surface area contributed by atoms with Crippen molar-refractivity contribution in [2.75, 3.05) is 6.54 Å². The van der Waals surface area contributed by atoms with Crippen LogP contribution in [-0.4, -0.2) is 33.5 Å². The number of amides is 2. The van der Waals surface area contributed by atoms with Gasteiger partial charge in [0, 0.05) is 0 Å². The zero-order chi connectivity index (χ0) is 10.1. The number of hydrogen-bond acceptors (Lipinski definition) is 4. The summed E-state index contributed by atoms with van der Waals surface area (Å²) in [7, 11) is 0. The van der Waals surface area contributed by atoms with Gasteiger partial charge in [-0.05, 0) is 0 Å². The molecule has 0 aromatic rings. The fraction of sp³-hybridized carbons (Fsp3) is 0.500. The van der Waals surface area contributed by atoms with E-state index in [4.69, 9.17) is 15.0 Å². The second kappa shape index (κ2) is 12.6. The van der Waals surface area contributed by atoms with Gasteiger partial charge in [0.25, 0.3) is 10.5 Å². The molecule has 0 aromatic carbocycles. The van der Waals surface area contributed by atoms with Crippen LogP contribution in [0.5, 0.6) is 0 Å². The minimum atomic E-state index is -1.49. The van der Waals surface area contributed by atoms with E-state index in [0.717, 1.165) is 0 Å². The molecule has 0 spiro atoms. The van der Waals surface area contributed by atoms with Gasteiger partial charge >= 0.3 is 29.6 Å². The molecule has 13 heavy (non-hydrogen) atoms. The number of hydrogen-bond donors (Lipinski definition) is 6. The molecule has 0 unspecified atom stereocenters. The van der Waals surface area contributed by atoms with Crippen LogP contribution in [0.3, 0.4) is 0 Å². The maximum Gasteiger partial charge on any atom is 1.00 e. The molecule has 0 aromatic heterocycles. The topological polar surface area (TPSA) is 113 Å². The molecule has 0 fully saturated rings. The van der Waals surface area contributed by atoms with Gasteiger partial charge in [-0.25, -0.2) is 0 Å². The first-order valence-corrected chi connectivity index (χ1v) is 3.57. The van der Waals surface area contributed by atoms with Crippen LogP contribution in [0.25, 0.3) is 0 Å². The van der Waals surface area contributed by atoms with Crippen LogP contribution in [-0.2, 0) is 0 Å². The fourth-order valence-corrected chi connectivity index (χ4v) is 0.270. The van der Waals surface area contributed by atoms with Crippen molar-refractivity contribution in [1.29, 1.82) is 0 Å². The van der Waals surface area contributed by atoms with Crippen LogP contribution in [0, 0.1) is 0 Å². The van der Waals surface area contributed by atoms with Gasteiger partial charge in [0.2, 0.25) is 0 Å². The molecule has 6 nitrogen and oxygen atoms in total. The Morgan fingerprint density at radius 2 is 1.77 bits per heavy atom. The average Bonchev–Trinajstić information content (AvgIpc) is 1.82.